The second kappa shape index (κ2) is 10.5. The summed E-state index contributed by atoms with van der Waals surface area (Å²) >= 11 is 1.65. The van der Waals surface area contributed by atoms with Gasteiger partial charge in [-0.2, -0.15) is 0 Å². The van der Waals surface area contributed by atoms with Crippen LogP contribution in [0.1, 0.15) is 11.3 Å². The van der Waals surface area contributed by atoms with Crippen LogP contribution in [0.4, 0.5) is 0 Å². The van der Waals surface area contributed by atoms with Crippen molar-refractivity contribution in [3.63, 3.8) is 0 Å². The lowest BCUT2D eigenvalue weighted by Crippen LogP contribution is -2.57. The molecule has 5 nitrogen and oxygen atoms in total. The van der Waals surface area contributed by atoms with E-state index in [0.29, 0.717) is 13.0 Å². The van der Waals surface area contributed by atoms with E-state index in [2.05, 4.69) is 9.88 Å². The minimum Gasteiger partial charge on any atom is -0.486 e. The molecule has 3 unspecified atom stereocenters. The zero-order chi connectivity index (χ0) is 22.3. The molecule has 1 aromatic heterocycles. The van der Waals surface area contributed by atoms with Crippen LogP contribution >= 0.6 is 11.3 Å². The summed E-state index contributed by atoms with van der Waals surface area (Å²) in [5.74, 6) is 2.51. The van der Waals surface area contributed by atoms with Crippen LogP contribution in [0.5, 0.6) is 17.2 Å². The molecular weight excluding hydrogens is 432 g/mol. The largest absolute Gasteiger partial charge is 0.486 e. The van der Waals surface area contributed by atoms with Crippen molar-refractivity contribution >= 4 is 11.3 Å². The Morgan fingerprint density at radius 1 is 0.727 bits per heavy atom. The topological polar surface area (TPSA) is 43.8 Å². The van der Waals surface area contributed by atoms with E-state index in [1.165, 1.54) is 4.88 Å². The molecule has 168 valence electrons. The van der Waals surface area contributed by atoms with E-state index < -0.39 is 0 Å². The number of hydrogen-bond acceptors (Lipinski definition) is 6. The summed E-state index contributed by atoms with van der Waals surface area (Å²) in [4.78, 5) is 7.76. The molecule has 1 saturated heterocycles. The lowest BCUT2D eigenvalue weighted by molar-refractivity contribution is -0.0989. The van der Waals surface area contributed by atoms with Gasteiger partial charge in [-0.15, -0.1) is 11.3 Å². The second-order valence-corrected chi connectivity index (χ2v) is 8.93. The lowest BCUT2D eigenvalue weighted by Gasteiger charge is -2.43. The van der Waals surface area contributed by atoms with Crippen LogP contribution in [-0.4, -0.2) is 34.9 Å². The molecule has 4 aromatic rings. The van der Waals surface area contributed by atoms with Gasteiger partial charge in [0.15, 0.2) is 6.23 Å². The highest BCUT2D eigenvalue weighted by atomic mass is 32.1. The molecule has 0 radical (unpaired) electrons. The molecule has 3 aromatic carbocycles. The molecule has 1 aliphatic heterocycles. The van der Waals surface area contributed by atoms with E-state index in [0.717, 1.165) is 23.8 Å². The smallest absolute Gasteiger partial charge is 0.156 e. The molecular formula is C27H26N2O3S. The Balaban J connectivity index is 1.41. The van der Waals surface area contributed by atoms with Crippen LogP contribution in [-0.2, 0) is 6.54 Å². The molecule has 0 bridgehead atoms. The third-order valence-electron chi connectivity index (χ3n) is 5.59. The highest BCUT2D eigenvalue weighted by Gasteiger charge is 2.40. The minimum atomic E-state index is -0.168. The first-order valence-electron chi connectivity index (χ1n) is 11.1. The van der Waals surface area contributed by atoms with Crippen LogP contribution in [0.15, 0.2) is 103 Å². The molecule has 0 spiro atoms. The summed E-state index contributed by atoms with van der Waals surface area (Å²) in [5, 5.41) is 0. The van der Waals surface area contributed by atoms with Crippen molar-refractivity contribution in [1.29, 1.82) is 0 Å². The van der Waals surface area contributed by atoms with E-state index in [-0.39, 0.29) is 18.4 Å². The number of para-hydroxylation sites is 3. The Bertz CT molecular complexity index is 1090. The quantitative estimate of drug-likeness (QED) is 0.341. The average molecular weight is 459 g/mol. The Kier molecular flexibility index (Phi) is 6.85. The SMILES string of the molecule is c1ccc(OC2CC(Oc3ccccc3)N(Cc3cncs3)CC2Oc2ccccc2)cc1. The van der Waals surface area contributed by atoms with Crippen LogP contribution in [0.25, 0.3) is 0 Å². The third kappa shape index (κ3) is 5.72. The van der Waals surface area contributed by atoms with Crippen molar-refractivity contribution in [2.75, 3.05) is 6.54 Å². The summed E-state index contributed by atoms with van der Waals surface area (Å²) in [6.45, 7) is 1.41. The molecule has 6 heteroatoms. The zero-order valence-electron chi connectivity index (χ0n) is 18.2. The number of rotatable bonds is 8. The molecule has 1 fully saturated rings. The summed E-state index contributed by atoms with van der Waals surface area (Å²) in [7, 11) is 0. The first-order chi connectivity index (χ1) is 16.3. The molecule has 1 aliphatic rings. The van der Waals surface area contributed by atoms with Crippen LogP contribution in [0.3, 0.4) is 0 Å². The Morgan fingerprint density at radius 3 is 1.82 bits per heavy atom. The third-order valence-corrected chi connectivity index (χ3v) is 6.35. The highest BCUT2D eigenvalue weighted by Crippen LogP contribution is 2.29. The summed E-state index contributed by atoms with van der Waals surface area (Å²) in [6.07, 6.45) is 2.11. The fourth-order valence-corrected chi connectivity index (χ4v) is 4.64. The van der Waals surface area contributed by atoms with Crippen molar-refractivity contribution in [1.82, 2.24) is 9.88 Å². The van der Waals surface area contributed by atoms with Crippen LogP contribution in [0, 0.1) is 0 Å². The summed E-state index contributed by atoms with van der Waals surface area (Å²) in [6, 6.07) is 29.8. The van der Waals surface area contributed by atoms with Gasteiger partial charge < -0.3 is 14.2 Å². The Labute approximate surface area is 198 Å². The number of nitrogens with zero attached hydrogens (tertiary/aromatic N) is 2. The average Bonchev–Trinajstić information content (AvgIpc) is 3.37. The predicted octanol–water partition coefficient (Wildman–Crippen LogP) is 5.65. The maximum Gasteiger partial charge on any atom is 0.156 e. The second-order valence-electron chi connectivity index (χ2n) is 7.96. The van der Waals surface area contributed by atoms with Gasteiger partial charge in [-0.1, -0.05) is 54.6 Å². The predicted molar refractivity (Wildman–Crippen MR) is 130 cm³/mol. The number of thiazole rings is 1. The molecule has 5 rings (SSSR count). The number of likely N-dealkylation sites (tertiary alicyclic amines) is 1. The van der Waals surface area contributed by atoms with Gasteiger partial charge in [0.25, 0.3) is 0 Å². The van der Waals surface area contributed by atoms with E-state index in [9.17, 15) is 0 Å². The fourth-order valence-electron chi connectivity index (χ4n) is 4.02. The van der Waals surface area contributed by atoms with Crippen LogP contribution in [0.2, 0.25) is 0 Å². The Hall–Kier alpha value is -3.35. The van der Waals surface area contributed by atoms with Gasteiger partial charge in [0.2, 0.25) is 0 Å². The normalized spacial score (nSPS) is 20.8. The van der Waals surface area contributed by atoms with Gasteiger partial charge in [0.05, 0.1) is 5.51 Å². The Morgan fingerprint density at radius 2 is 1.27 bits per heavy atom. The van der Waals surface area contributed by atoms with Crippen molar-refractivity contribution in [2.24, 2.45) is 0 Å². The molecule has 3 atom stereocenters. The van der Waals surface area contributed by atoms with Gasteiger partial charge in [-0.25, -0.2) is 0 Å². The van der Waals surface area contributed by atoms with E-state index in [4.69, 9.17) is 14.2 Å². The molecule has 0 amide bonds. The molecule has 33 heavy (non-hydrogen) atoms. The number of hydrogen-bond donors (Lipinski definition) is 0. The number of piperidine rings is 1. The summed E-state index contributed by atoms with van der Waals surface area (Å²) < 4.78 is 19.4. The van der Waals surface area contributed by atoms with Gasteiger partial charge in [-0.05, 0) is 36.4 Å². The maximum absolute atomic E-state index is 6.46. The highest BCUT2D eigenvalue weighted by molar-refractivity contribution is 7.09. The van der Waals surface area contributed by atoms with Crippen molar-refractivity contribution in [3.8, 4) is 17.2 Å². The van der Waals surface area contributed by atoms with Crippen LogP contribution < -0.4 is 14.2 Å². The molecule has 0 N–H and O–H groups in total. The van der Waals surface area contributed by atoms with E-state index >= 15 is 0 Å². The fraction of sp³-hybridized carbons (Fsp3) is 0.222. The standard InChI is InChI=1S/C27H26N2O3S/c1-4-10-21(11-5-1)30-25-16-27(32-23-14-8-3-9-15-23)29(18-24-17-28-20-33-24)19-26(25)31-22-12-6-2-7-13-22/h1-15,17,20,25-27H,16,18-19H2. The van der Waals surface area contributed by atoms with Gasteiger partial charge >= 0.3 is 0 Å². The monoisotopic (exact) mass is 458 g/mol. The van der Waals surface area contributed by atoms with Gasteiger partial charge in [-0.3, -0.25) is 9.88 Å². The first-order valence-corrected chi connectivity index (χ1v) is 12.0. The minimum absolute atomic E-state index is 0.154. The molecule has 2 heterocycles. The zero-order valence-corrected chi connectivity index (χ0v) is 19.0. The van der Waals surface area contributed by atoms with Crippen molar-refractivity contribution in [3.05, 3.63) is 108 Å². The summed E-state index contributed by atoms with van der Waals surface area (Å²) in [5.41, 5.74) is 1.87. The van der Waals surface area contributed by atoms with Gasteiger partial charge in [0.1, 0.15) is 29.5 Å². The first kappa shape index (κ1) is 21.5. The van der Waals surface area contributed by atoms with E-state index in [1.54, 1.807) is 11.3 Å². The number of ether oxygens (including phenoxy) is 3. The number of benzene rings is 3. The lowest BCUT2D eigenvalue weighted by atomic mass is 10.0. The maximum atomic E-state index is 6.46. The van der Waals surface area contributed by atoms with Crippen molar-refractivity contribution in [2.45, 2.75) is 31.4 Å². The van der Waals surface area contributed by atoms with Gasteiger partial charge in [0, 0.05) is 30.6 Å². The number of aromatic nitrogens is 1. The molecule has 0 saturated carbocycles. The van der Waals surface area contributed by atoms with Crippen molar-refractivity contribution < 1.29 is 14.2 Å². The van der Waals surface area contributed by atoms with E-state index in [1.807, 2.05) is 103 Å². The molecule has 0 aliphatic carbocycles.